The van der Waals surface area contributed by atoms with Crippen molar-refractivity contribution in [2.24, 2.45) is 0 Å². The van der Waals surface area contributed by atoms with E-state index in [0.29, 0.717) is 0 Å². The summed E-state index contributed by atoms with van der Waals surface area (Å²) >= 11 is 0. The van der Waals surface area contributed by atoms with E-state index in [4.69, 9.17) is 15.2 Å². The van der Waals surface area contributed by atoms with Crippen LogP contribution in [0.4, 0.5) is 5.82 Å². The van der Waals surface area contributed by atoms with Crippen molar-refractivity contribution in [1.82, 2.24) is 14.5 Å². The van der Waals surface area contributed by atoms with E-state index in [9.17, 15) is 39.3 Å². The summed E-state index contributed by atoms with van der Waals surface area (Å²) in [4.78, 5) is 28.0. The quantitative estimate of drug-likeness (QED) is 0.128. The maximum absolute atomic E-state index is 12.2. The van der Waals surface area contributed by atoms with Crippen LogP contribution < -0.4 is 10.3 Å². The van der Waals surface area contributed by atoms with Crippen LogP contribution in [0.1, 0.15) is 12.5 Å². The van der Waals surface area contributed by atoms with E-state index in [1.165, 1.54) is 17.2 Å². The molecule has 2 unspecified atom stereocenters. The first-order chi connectivity index (χ1) is 16.4. The molecular formula is C15H22N5O13P2+. The molecule has 0 spiro atoms. The Balaban J connectivity index is 1.57. The van der Waals surface area contributed by atoms with Crippen LogP contribution in [0.2, 0.25) is 0 Å². The van der Waals surface area contributed by atoms with Gasteiger partial charge in [0.05, 0.1) is 13.2 Å². The Morgan fingerprint density at radius 3 is 2.20 bits per heavy atom. The van der Waals surface area contributed by atoms with Gasteiger partial charge in [-0.1, -0.05) is 4.98 Å². The number of nitrogen functional groups attached to an aromatic ring is 1. The first-order valence-electron chi connectivity index (χ1n) is 10.1. The number of phosphoric ester groups is 2. The van der Waals surface area contributed by atoms with Gasteiger partial charge in [-0.15, -0.1) is 0 Å². The Labute approximate surface area is 195 Å². The molecule has 8 bridgehead atoms. The van der Waals surface area contributed by atoms with Crippen molar-refractivity contribution >= 4 is 32.6 Å². The Morgan fingerprint density at radius 2 is 1.54 bits per heavy atom. The van der Waals surface area contributed by atoms with E-state index >= 15 is 0 Å². The molecule has 35 heavy (non-hydrogen) atoms. The van der Waals surface area contributed by atoms with Crippen LogP contribution >= 0.6 is 15.6 Å². The van der Waals surface area contributed by atoms with Gasteiger partial charge in [0.1, 0.15) is 43.0 Å². The van der Waals surface area contributed by atoms with E-state index in [2.05, 4.69) is 23.3 Å². The maximum atomic E-state index is 12.2. The fraction of sp³-hybridized carbons (Fsp3) is 0.667. The van der Waals surface area contributed by atoms with Crippen LogP contribution in [-0.2, 0) is 32.0 Å². The van der Waals surface area contributed by atoms with E-state index in [0.717, 1.165) is 4.57 Å². The number of hydrogen-bond acceptors (Lipinski definition) is 14. The van der Waals surface area contributed by atoms with Gasteiger partial charge in [-0.25, -0.2) is 18.7 Å². The zero-order valence-electron chi connectivity index (χ0n) is 17.5. The fourth-order valence-corrected chi connectivity index (χ4v) is 6.15. The fourth-order valence-electron chi connectivity index (χ4n) is 4.06. The minimum Gasteiger partial charge on any atom is -0.387 e. The van der Waals surface area contributed by atoms with Crippen molar-refractivity contribution in [3.8, 4) is 0 Å². The monoisotopic (exact) mass is 542 g/mol. The lowest BCUT2D eigenvalue weighted by Crippen LogP contribution is -2.48. The van der Waals surface area contributed by atoms with Crippen LogP contribution in [0.15, 0.2) is 12.7 Å². The molecule has 8 N–H and O–H groups in total. The van der Waals surface area contributed by atoms with Crippen molar-refractivity contribution in [1.29, 1.82) is 0 Å². The van der Waals surface area contributed by atoms with E-state index < -0.39 is 77.9 Å². The van der Waals surface area contributed by atoms with E-state index in [1.54, 1.807) is 0 Å². The summed E-state index contributed by atoms with van der Waals surface area (Å²) in [5, 5.41) is 41.6. The molecule has 0 amide bonds. The summed E-state index contributed by atoms with van der Waals surface area (Å²) in [7, 11) is -10.5. The second-order valence-corrected chi connectivity index (χ2v) is 11.1. The minimum absolute atomic E-state index is 0.0574. The largest absolute Gasteiger partial charge is 0.481 e. The second-order valence-electron chi connectivity index (χ2n) is 8.06. The van der Waals surface area contributed by atoms with Gasteiger partial charge >= 0.3 is 15.6 Å². The summed E-state index contributed by atoms with van der Waals surface area (Å²) in [6.07, 6.45) is -9.37. The maximum Gasteiger partial charge on any atom is 0.481 e. The van der Waals surface area contributed by atoms with Crippen molar-refractivity contribution in [2.75, 3.05) is 18.9 Å². The zero-order valence-corrected chi connectivity index (χ0v) is 19.3. The number of aliphatic hydroxyl groups is 4. The molecular weight excluding hydrogens is 520 g/mol. The second kappa shape index (κ2) is 8.74. The third-order valence-corrected chi connectivity index (χ3v) is 8.43. The standard InChI is InChI=1S/C15H21N5O13P2/c16-12-7-13-18-4-19(12)14-10(23)8(21)5(31-14)1-29-34(25,26)33-35(27,28)30-2-6-9(22)11(24)15(32-6)20(13)3-17-7/h3-6,8-11,14-16,21-24H,1-2H2,(H2,25,26,27,28)/p+1/t5-,6-,8-,9-,10-,11-,14-,15-/m1/s1. The summed E-state index contributed by atoms with van der Waals surface area (Å²) < 4.78 is 51.3. The van der Waals surface area contributed by atoms with Crippen molar-refractivity contribution in [3.05, 3.63) is 12.7 Å². The molecule has 2 saturated heterocycles. The Bertz CT molecular complexity index is 1230. The van der Waals surface area contributed by atoms with Crippen molar-refractivity contribution < 1.29 is 66.7 Å². The van der Waals surface area contributed by atoms with Crippen LogP contribution in [-0.4, -0.2) is 94.6 Å². The number of anilines is 1. The number of nitrogens with zero attached hydrogens (tertiary/aromatic N) is 4. The molecule has 18 nitrogen and oxygen atoms in total. The van der Waals surface area contributed by atoms with Gasteiger partial charge in [-0.3, -0.25) is 13.6 Å². The van der Waals surface area contributed by atoms with Crippen molar-refractivity contribution in [3.63, 3.8) is 0 Å². The predicted octanol–water partition coefficient (Wildman–Crippen LogP) is -3.20. The van der Waals surface area contributed by atoms with Gasteiger partial charge in [-0.05, 0) is 0 Å². The van der Waals surface area contributed by atoms with E-state index in [-0.39, 0.29) is 17.0 Å². The van der Waals surface area contributed by atoms with Gasteiger partial charge in [0.15, 0.2) is 11.7 Å². The highest BCUT2D eigenvalue weighted by Gasteiger charge is 2.50. The van der Waals surface area contributed by atoms with Crippen LogP contribution in [0, 0.1) is 0 Å². The molecule has 4 aliphatic heterocycles. The number of hydrogen-bond donors (Lipinski definition) is 7. The number of rotatable bonds is 0. The van der Waals surface area contributed by atoms with Crippen LogP contribution in [0.5, 0.6) is 0 Å². The van der Waals surface area contributed by atoms with Crippen LogP contribution in [0.25, 0.3) is 11.2 Å². The van der Waals surface area contributed by atoms with Gasteiger partial charge in [0, 0.05) is 0 Å². The third kappa shape index (κ3) is 4.40. The number of fused-ring (bicyclic) bond motifs is 7. The Hall–Kier alpha value is -1.63. The molecule has 0 saturated carbocycles. The molecule has 194 valence electrons. The van der Waals surface area contributed by atoms with Crippen molar-refractivity contribution in [2.45, 2.75) is 49.1 Å². The molecule has 0 aromatic carbocycles. The highest BCUT2D eigenvalue weighted by atomic mass is 31.3. The zero-order chi connectivity index (χ0) is 25.3. The number of imidazole rings is 1. The lowest BCUT2D eigenvalue weighted by atomic mass is 10.1. The molecule has 2 fully saturated rings. The average molecular weight is 542 g/mol. The summed E-state index contributed by atoms with van der Waals surface area (Å²) in [5.41, 5.74) is 6.40. The molecule has 6 rings (SSSR count). The number of ether oxygens (including phenoxy) is 2. The molecule has 2 aromatic rings. The van der Waals surface area contributed by atoms with Gasteiger partial charge in [0.25, 0.3) is 5.82 Å². The average Bonchev–Trinajstić information content (AvgIpc) is 3.41. The molecule has 2 aromatic heterocycles. The normalized spacial score (nSPS) is 44.6. The lowest BCUT2D eigenvalue weighted by Gasteiger charge is -2.20. The molecule has 0 radical (unpaired) electrons. The lowest BCUT2D eigenvalue weighted by molar-refractivity contribution is -0.755. The molecule has 4 aliphatic rings. The summed E-state index contributed by atoms with van der Waals surface area (Å²) in [6.45, 7) is -1.67. The topological polar surface area (TPSA) is 262 Å². The first kappa shape index (κ1) is 25.0. The van der Waals surface area contributed by atoms with E-state index in [1.807, 2.05) is 0 Å². The molecule has 20 heteroatoms. The molecule has 0 aliphatic carbocycles. The summed E-state index contributed by atoms with van der Waals surface area (Å²) in [6, 6.07) is 0. The Kier molecular flexibility index (Phi) is 6.25. The number of aliphatic hydroxyl groups excluding tert-OH is 4. The SMILES string of the molecule is Nc1c2ncn3c2nc[n+]1[C@@H]1O[C@H](COP(=O)(O)OP(=O)(O)OC[C@H]2O[C@@H]3[C@H](O)[C@@H]2O)[C@@H](O)[C@H]1O. The minimum atomic E-state index is -5.25. The van der Waals surface area contributed by atoms with Gasteiger partial charge in [0.2, 0.25) is 18.2 Å². The number of nitrogens with two attached hydrogens (primary N) is 1. The first-order valence-corrected chi connectivity index (χ1v) is 13.1. The van der Waals surface area contributed by atoms with Crippen LogP contribution in [0.3, 0.4) is 0 Å². The highest BCUT2D eigenvalue weighted by molar-refractivity contribution is 7.61. The third-order valence-electron chi connectivity index (χ3n) is 5.83. The Morgan fingerprint density at radius 1 is 0.943 bits per heavy atom. The highest BCUT2D eigenvalue weighted by Crippen LogP contribution is 2.60. The van der Waals surface area contributed by atoms with Gasteiger partial charge in [-0.2, -0.15) is 4.31 Å². The smallest absolute Gasteiger partial charge is 0.387 e. The molecule has 10 atom stereocenters. The number of phosphoric acid groups is 2. The number of aromatic nitrogens is 4. The summed E-state index contributed by atoms with van der Waals surface area (Å²) in [5.74, 6) is -0.0574. The predicted molar refractivity (Wildman–Crippen MR) is 107 cm³/mol. The molecule has 6 heterocycles. The van der Waals surface area contributed by atoms with Gasteiger partial charge < -0.3 is 45.4 Å².